The number of para-hydroxylation sites is 2. The van der Waals surface area contributed by atoms with Gasteiger partial charge in [-0.3, -0.25) is 4.79 Å². The van der Waals surface area contributed by atoms with Crippen molar-refractivity contribution in [3.63, 3.8) is 0 Å². The maximum absolute atomic E-state index is 11.9. The summed E-state index contributed by atoms with van der Waals surface area (Å²) < 4.78 is 0. The van der Waals surface area contributed by atoms with Crippen LogP contribution >= 0.6 is 11.8 Å². The summed E-state index contributed by atoms with van der Waals surface area (Å²) in [6.45, 7) is 1.83. The zero-order valence-electron chi connectivity index (χ0n) is 17.6. The highest BCUT2D eigenvalue weighted by molar-refractivity contribution is 7.99. The largest absolute Gasteiger partial charge is 0.355 e. The van der Waals surface area contributed by atoms with Crippen molar-refractivity contribution in [2.75, 3.05) is 16.0 Å². The molecule has 0 fully saturated rings. The molecule has 1 aromatic heterocycles. The van der Waals surface area contributed by atoms with Crippen molar-refractivity contribution < 1.29 is 4.79 Å². The number of nitrogens with one attached hydrogen (secondary N) is 3. The van der Waals surface area contributed by atoms with Crippen LogP contribution in [0.15, 0.2) is 101 Å². The quantitative estimate of drug-likeness (QED) is 0.272. The predicted molar refractivity (Wildman–Crippen MR) is 131 cm³/mol. The molecule has 4 aromatic rings. The normalized spacial score (nSPS) is 10.4. The van der Waals surface area contributed by atoms with Gasteiger partial charge in [-0.2, -0.15) is 0 Å². The van der Waals surface area contributed by atoms with Crippen LogP contribution in [0.5, 0.6) is 0 Å². The van der Waals surface area contributed by atoms with Crippen LogP contribution in [0.25, 0.3) is 0 Å². The number of carbonyl (C=O) groups excluding carboxylic acids is 1. The van der Waals surface area contributed by atoms with E-state index in [1.807, 2.05) is 91.9 Å². The summed E-state index contributed by atoms with van der Waals surface area (Å²) in [4.78, 5) is 21.8. The first-order chi connectivity index (χ1) is 15.7. The number of benzene rings is 3. The second kappa shape index (κ2) is 10.5. The van der Waals surface area contributed by atoms with Gasteiger partial charge in [-0.1, -0.05) is 55.1 Å². The Hall–Kier alpha value is -3.84. The van der Waals surface area contributed by atoms with Gasteiger partial charge in [-0.25, -0.2) is 9.97 Å². The van der Waals surface area contributed by atoms with E-state index in [1.165, 1.54) is 11.8 Å². The standard InChI is InChI=1S/C25H23N5OS/c1-2-23(31)28-20-13-14-22(21(17-20)27-18-9-5-3-6-10-18)32-24-15-16-26-25(30-24)29-19-11-7-4-8-12-19/h3-17,27H,2H2,1H3,(H,28,31)(H,26,29,30). The monoisotopic (exact) mass is 441 g/mol. The van der Waals surface area contributed by atoms with Gasteiger partial charge in [0.2, 0.25) is 11.9 Å². The summed E-state index contributed by atoms with van der Waals surface area (Å²) in [5.74, 6) is 0.508. The highest BCUT2D eigenvalue weighted by Gasteiger charge is 2.10. The lowest BCUT2D eigenvalue weighted by Gasteiger charge is -2.14. The van der Waals surface area contributed by atoms with Crippen LogP contribution < -0.4 is 16.0 Å². The third-order valence-corrected chi connectivity index (χ3v) is 5.52. The van der Waals surface area contributed by atoms with Gasteiger partial charge in [0.25, 0.3) is 0 Å². The molecular formula is C25H23N5OS. The molecule has 7 heteroatoms. The van der Waals surface area contributed by atoms with Crippen molar-refractivity contribution in [1.82, 2.24) is 9.97 Å². The van der Waals surface area contributed by atoms with Crippen LogP contribution in [-0.4, -0.2) is 15.9 Å². The minimum atomic E-state index is -0.0245. The number of carbonyl (C=O) groups is 1. The Morgan fingerprint density at radius 1 is 0.844 bits per heavy atom. The van der Waals surface area contributed by atoms with Crippen LogP contribution in [0.2, 0.25) is 0 Å². The summed E-state index contributed by atoms with van der Waals surface area (Å²) in [6, 6.07) is 27.4. The summed E-state index contributed by atoms with van der Waals surface area (Å²) in [5.41, 5.74) is 3.51. The molecule has 160 valence electrons. The minimum Gasteiger partial charge on any atom is -0.355 e. The van der Waals surface area contributed by atoms with Crippen LogP contribution in [0.4, 0.5) is 28.7 Å². The molecule has 0 spiro atoms. The Morgan fingerprint density at radius 3 is 2.22 bits per heavy atom. The molecule has 4 rings (SSSR count). The molecular weight excluding hydrogens is 418 g/mol. The zero-order valence-corrected chi connectivity index (χ0v) is 18.4. The molecule has 3 N–H and O–H groups in total. The van der Waals surface area contributed by atoms with Gasteiger partial charge in [0.15, 0.2) is 0 Å². The fraction of sp³-hybridized carbons (Fsp3) is 0.0800. The Bertz CT molecular complexity index is 1190. The molecule has 0 atom stereocenters. The SMILES string of the molecule is CCC(=O)Nc1ccc(Sc2ccnc(Nc3ccccc3)n2)c(Nc2ccccc2)c1. The van der Waals surface area contributed by atoms with Crippen molar-refractivity contribution >= 4 is 46.4 Å². The highest BCUT2D eigenvalue weighted by Crippen LogP contribution is 2.36. The molecule has 0 unspecified atom stereocenters. The lowest BCUT2D eigenvalue weighted by atomic mass is 10.2. The van der Waals surface area contributed by atoms with Gasteiger partial charge < -0.3 is 16.0 Å². The Morgan fingerprint density at radius 2 is 1.53 bits per heavy atom. The number of nitrogens with zero attached hydrogens (tertiary/aromatic N) is 2. The van der Waals surface area contributed by atoms with E-state index in [9.17, 15) is 4.79 Å². The summed E-state index contributed by atoms with van der Waals surface area (Å²) in [6.07, 6.45) is 2.16. The van der Waals surface area contributed by atoms with Crippen molar-refractivity contribution in [3.05, 3.63) is 91.1 Å². The molecule has 0 aliphatic rings. The number of hydrogen-bond acceptors (Lipinski definition) is 6. The number of amides is 1. The van der Waals surface area contributed by atoms with Gasteiger partial charge in [0.1, 0.15) is 5.03 Å². The van der Waals surface area contributed by atoms with Crippen molar-refractivity contribution in [2.45, 2.75) is 23.3 Å². The van der Waals surface area contributed by atoms with E-state index >= 15 is 0 Å². The maximum atomic E-state index is 11.9. The number of anilines is 5. The third kappa shape index (κ3) is 5.86. The van der Waals surface area contributed by atoms with Gasteiger partial charge in [0, 0.05) is 34.6 Å². The average molecular weight is 442 g/mol. The molecule has 1 heterocycles. The Labute approximate surface area is 191 Å². The number of aromatic nitrogens is 2. The van der Waals surface area contributed by atoms with E-state index in [0.29, 0.717) is 12.4 Å². The fourth-order valence-corrected chi connectivity index (χ4v) is 3.79. The third-order valence-electron chi connectivity index (χ3n) is 4.51. The summed E-state index contributed by atoms with van der Waals surface area (Å²) in [5, 5.41) is 10.4. The molecule has 0 saturated carbocycles. The van der Waals surface area contributed by atoms with Crippen LogP contribution in [0, 0.1) is 0 Å². The van der Waals surface area contributed by atoms with E-state index in [4.69, 9.17) is 0 Å². The summed E-state index contributed by atoms with van der Waals surface area (Å²) in [7, 11) is 0. The first kappa shape index (κ1) is 21.4. The van der Waals surface area contributed by atoms with Crippen molar-refractivity contribution in [3.8, 4) is 0 Å². The molecule has 6 nitrogen and oxygen atoms in total. The number of rotatable bonds is 8. The second-order valence-electron chi connectivity index (χ2n) is 6.92. The van der Waals surface area contributed by atoms with E-state index in [0.717, 1.165) is 32.7 Å². The smallest absolute Gasteiger partial charge is 0.228 e. The maximum Gasteiger partial charge on any atom is 0.228 e. The van der Waals surface area contributed by atoms with E-state index in [1.54, 1.807) is 6.20 Å². The topological polar surface area (TPSA) is 78.9 Å². The Balaban J connectivity index is 1.59. The average Bonchev–Trinajstić information content (AvgIpc) is 2.82. The molecule has 0 aliphatic carbocycles. The van der Waals surface area contributed by atoms with E-state index in [-0.39, 0.29) is 5.91 Å². The van der Waals surface area contributed by atoms with E-state index in [2.05, 4.69) is 25.9 Å². The Kier molecular flexibility index (Phi) is 6.99. The second-order valence-corrected chi connectivity index (χ2v) is 7.98. The molecule has 3 aromatic carbocycles. The van der Waals surface area contributed by atoms with Crippen LogP contribution in [0.1, 0.15) is 13.3 Å². The summed E-state index contributed by atoms with van der Waals surface area (Å²) >= 11 is 1.53. The lowest BCUT2D eigenvalue weighted by Crippen LogP contribution is -2.09. The predicted octanol–water partition coefficient (Wildman–Crippen LogP) is 6.46. The van der Waals surface area contributed by atoms with Crippen LogP contribution in [-0.2, 0) is 4.79 Å². The van der Waals surface area contributed by atoms with Gasteiger partial charge in [-0.15, -0.1) is 0 Å². The fourth-order valence-electron chi connectivity index (χ4n) is 2.94. The van der Waals surface area contributed by atoms with Crippen LogP contribution in [0.3, 0.4) is 0 Å². The first-order valence-corrected chi connectivity index (χ1v) is 11.1. The molecule has 1 amide bonds. The van der Waals surface area contributed by atoms with Gasteiger partial charge in [0.05, 0.1) is 5.69 Å². The first-order valence-electron chi connectivity index (χ1n) is 10.3. The van der Waals surface area contributed by atoms with E-state index < -0.39 is 0 Å². The molecule has 0 aliphatic heterocycles. The highest BCUT2D eigenvalue weighted by atomic mass is 32.2. The number of hydrogen-bond donors (Lipinski definition) is 3. The molecule has 0 bridgehead atoms. The molecule has 32 heavy (non-hydrogen) atoms. The van der Waals surface area contributed by atoms with Gasteiger partial charge >= 0.3 is 0 Å². The molecule has 0 radical (unpaired) electrons. The van der Waals surface area contributed by atoms with Crippen molar-refractivity contribution in [1.29, 1.82) is 0 Å². The van der Waals surface area contributed by atoms with Crippen molar-refractivity contribution in [2.24, 2.45) is 0 Å². The zero-order chi connectivity index (χ0) is 22.2. The minimum absolute atomic E-state index is 0.0245. The lowest BCUT2D eigenvalue weighted by molar-refractivity contribution is -0.115. The molecule has 0 saturated heterocycles. The van der Waals surface area contributed by atoms with Gasteiger partial charge in [-0.05, 0) is 48.5 Å².